The molecule has 1 aromatic carbocycles. The number of hydrogen-bond donors (Lipinski definition) is 1. The first-order valence-electron chi connectivity index (χ1n) is 6.08. The summed E-state index contributed by atoms with van der Waals surface area (Å²) >= 11 is 5.96. The van der Waals surface area contributed by atoms with E-state index in [0.29, 0.717) is 22.6 Å². The highest BCUT2D eigenvalue weighted by Crippen LogP contribution is 2.25. The molecule has 1 fully saturated rings. The van der Waals surface area contributed by atoms with Crippen molar-refractivity contribution >= 4 is 23.8 Å². The molecule has 1 heterocycles. The number of rotatable bonds is 5. The number of amides is 1. The number of carbonyl (C=O) groups is 2. The van der Waals surface area contributed by atoms with Crippen molar-refractivity contribution in [3.05, 3.63) is 28.8 Å². The first-order chi connectivity index (χ1) is 9.52. The fourth-order valence-corrected chi connectivity index (χ4v) is 2.20. The molecule has 0 radical (unpaired) electrons. The van der Waals surface area contributed by atoms with Gasteiger partial charge in [-0.15, -0.1) is 0 Å². The Hall–Kier alpha value is -1.63. The van der Waals surface area contributed by atoms with Gasteiger partial charge in [-0.2, -0.15) is 0 Å². The fraction of sp³-hybridized carbons (Fsp3) is 0.385. The zero-order valence-electron chi connectivity index (χ0n) is 11.0. The molecule has 2 rings (SSSR count). The van der Waals surface area contributed by atoms with Gasteiger partial charge >= 0.3 is 0 Å². The van der Waals surface area contributed by atoms with E-state index in [0.717, 1.165) is 0 Å². The summed E-state index contributed by atoms with van der Waals surface area (Å²) in [7, 11) is 1.67. The van der Waals surface area contributed by atoms with Gasteiger partial charge in [0.2, 0.25) is 5.91 Å². The predicted octanol–water partition coefficient (Wildman–Crippen LogP) is 0.581. The van der Waals surface area contributed by atoms with Crippen LogP contribution in [-0.2, 0) is 4.79 Å². The molecule has 1 unspecified atom stereocenters. The summed E-state index contributed by atoms with van der Waals surface area (Å²) < 4.78 is 5.46. The highest BCUT2D eigenvalue weighted by molar-refractivity contribution is 6.32. The minimum atomic E-state index is -0.918. The van der Waals surface area contributed by atoms with Gasteiger partial charge in [0.15, 0.2) is 6.35 Å². The second kappa shape index (κ2) is 6.21. The summed E-state index contributed by atoms with van der Waals surface area (Å²) in [6.07, 6.45) is -0.218. The number of aldehydes is 1. The normalized spacial score (nSPS) is 19.4. The topological polar surface area (TPSA) is 70.1 Å². The highest BCUT2D eigenvalue weighted by atomic mass is 35.5. The van der Waals surface area contributed by atoms with Gasteiger partial charge in [0.25, 0.3) is 0 Å². The first-order valence-corrected chi connectivity index (χ1v) is 6.46. The third kappa shape index (κ3) is 3.09. The second-order valence-corrected chi connectivity index (χ2v) is 4.91. The summed E-state index contributed by atoms with van der Waals surface area (Å²) in [5.74, 6) is 0.290. The van der Waals surface area contributed by atoms with Crippen molar-refractivity contribution in [2.45, 2.75) is 6.35 Å². The number of benzene rings is 1. The van der Waals surface area contributed by atoms with Crippen LogP contribution < -0.4 is 4.74 Å². The van der Waals surface area contributed by atoms with E-state index >= 15 is 0 Å². The quantitative estimate of drug-likeness (QED) is 0.805. The lowest BCUT2D eigenvalue weighted by atomic mass is 10.2. The molecular formula is C13H15ClN2O4. The lowest BCUT2D eigenvalue weighted by Gasteiger charge is -2.22. The molecule has 0 saturated carbocycles. The maximum absolute atomic E-state index is 11.6. The zero-order chi connectivity index (χ0) is 14.7. The highest BCUT2D eigenvalue weighted by Gasteiger charge is 2.33. The third-order valence-electron chi connectivity index (χ3n) is 3.06. The van der Waals surface area contributed by atoms with Crippen molar-refractivity contribution in [1.82, 2.24) is 9.80 Å². The second-order valence-electron chi connectivity index (χ2n) is 4.50. The fourth-order valence-electron chi connectivity index (χ4n) is 1.95. The number of halogens is 1. The molecule has 1 amide bonds. The molecule has 0 aromatic heterocycles. The molecule has 20 heavy (non-hydrogen) atoms. The number of hydrogen-bond acceptors (Lipinski definition) is 5. The van der Waals surface area contributed by atoms with Gasteiger partial charge in [0.1, 0.15) is 18.6 Å². The van der Waals surface area contributed by atoms with E-state index in [2.05, 4.69) is 0 Å². The monoisotopic (exact) mass is 298 g/mol. The standard InChI is InChI=1S/C13H15ClN2O4/c1-15-7-12(18)16(13(15)19)4-5-20-11-3-2-9(8-17)6-10(11)14/h2-3,6,8,13,19H,4-5,7H2,1H3. The van der Waals surface area contributed by atoms with Gasteiger partial charge in [-0.1, -0.05) is 11.6 Å². The van der Waals surface area contributed by atoms with Crippen LogP contribution in [0.1, 0.15) is 10.4 Å². The summed E-state index contributed by atoms with van der Waals surface area (Å²) in [6, 6.07) is 4.70. The van der Waals surface area contributed by atoms with E-state index in [1.165, 1.54) is 15.9 Å². The van der Waals surface area contributed by atoms with Gasteiger partial charge < -0.3 is 9.84 Å². The van der Waals surface area contributed by atoms with E-state index < -0.39 is 6.35 Å². The Bertz CT molecular complexity index is 523. The minimum Gasteiger partial charge on any atom is -0.490 e. The molecule has 108 valence electrons. The Morgan fingerprint density at radius 1 is 1.55 bits per heavy atom. The van der Waals surface area contributed by atoms with Gasteiger partial charge in [-0.05, 0) is 25.2 Å². The Kier molecular flexibility index (Phi) is 4.59. The minimum absolute atomic E-state index is 0.147. The number of aliphatic hydroxyl groups is 1. The zero-order valence-corrected chi connectivity index (χ0v) is 11.7. The van der Waals surface area contributed by atoms with Crippen LogP contribution in [0.4, 0.5) is 0 Å². The van der Waals surface area contributed by atoms with Crippen LogP contribution in [-0.4, -0.2) is 60.2 Å². The van der Waals surface area contributed by atoms with Gasteiger partial charge in [0, 0.05) is 5.56 Å². The van der Waals surface area contributed by atoms with Crippen molar-refractivity contribution in [3.63, 3.8) is 0 Å². The van der Waals surface area contributed by atoms with Gasteiger partial charge in [0.05, 0.1) is 18.1 Å². The molecule has 1 atom stereocenters. The molecular weight excluding hydrogens is 284 g/mol. The van der Waals surface area contributed by atoms with Crippen molar-refractivity contribution in [2.75, 3.05) is 26.7 Å². The average Bonchev–Trinajstić information content (AvgIpc) is 2.66. The van der Waals surface area contributed by atoms with Crippen molar-refractivity contribution in [3.8, 4) is 5.75 Å². The van der Waals surface area contributed by atoms with E-state index in [1.807, 2.05) is 0 Å². The Morgan fingerprint density at radius 2 is 2.30 bits per heavy atom. The molecule has 7 heteroatoms. The smallest absolute Gasteiger partial charge is 0.240 e. The number of aliphatic hydroxyl groups excluding tert-OH is 1. The van der Waals surface area contributed by atoms with Crippen LogP contribution in [0, 0.1) is 0 Å². The summed E-state index contributed by atoms with van der Waals surface area (Å²) in [6.45, 7) is 0.656. The van der Waals surface area contributed by atoms with Crippen LogP contribution in [0.2, 0.25) is 5.02 Å². The lowest BCUT2D eigenvalue weighted by Crippen LogP contribution is -2.40. The van der Waals surface area contributed by atoms with Crippen LogP contribution in [0.25, 0.3) is 0 Å². The molecule has 0 aliphatic carbocycles. The maximum atomic E-state index is 11.6. The van der Waals surface area contributed by atoms with E-state index in [1.54, 1.807) is 19.2 Å². The molecule has 1 aliphatic heterocycles. The number of nitrogens with zero attached hydrogens (tertiary/aromatic N) is 2. The Morgan fingerprint density at radius 3 is 2.85 bits per heavy atom. The van der Waals surface area contributed by atoms with Crippen molar-refractivity contribution in [2.24, 2.45) is 0 Å². The van der Waals surface area contributed by atoms with E-state index in [4.69, 9.17) is 16.3 Å². The lowest BCUT2D eigenvalue weighted by molar-refractivity contribution is -0.134. The number of likely N-dealkylation sites (N-methyl/N-ethyl adjacent to an activating group) is 1. The van der Waals surface area contributed by atoms with Gasteiger partial charge in [-0.25, -0.2) is 0 Å². The predicted molar refractivity (Wildman–Crippen MR) is 72.7 cm³/mol. The maximum Gasteiger partial charge on any atom is 0.240 e. The van der Waals surface area contributed by atoms with Crippen LogP contribution in [0.3, 0.4) is 0 Å². The largest absolute Gasteiger partial charge is 0.490 e. The van der Waals surface area contributed by atoms with Crippen LogP contribution in [0.5, 0.6) is 5.75 Å². The van der Waals surface area contributed by atoms with Crippen molar-refractivity contribution < 1.29 is 19.4 Å². The van der Waals surface area contributed by atoms with Crippen molar-refractivity contribution in [1.29, 1.82) is 0 Å². The molecule has 1 aromatic rings. The van der Waals surface area contributed by atoms with E-state index in [-0.39, 0.29) is 25.6 Å². The Labute approximate surface area is 121 Å². The molecule has 0 bridgehead atoms. The summed E-state index contributed by atoms with van der Waals surface area (Å²) in [5.41, 5.74) is 0.467. The van der Waals surface area contributed by atoms with Gasteiger partial charge in [-0.3, -0.25) is 19.4 Å². The van der Waals surface area contributed by atoms with Crippen LogP contribution >= 0.6 is 11.6 Å². The average molecular weight is 299 g/mol. The molecule has 0 spiro atoms. The Balaban J connectivity index is 1.90. The first kappa shape index (κ1) is 14.8. The summed E-state index contributed by atoms with van der Waals surface area (Å²) in [5, 5.41) is 10.1. The van der Waals surface area contributed by atoms with E-state index in [9.17, 15) is 14.7 Å². The molecule has 1 aliphatic rings. The molecule has 1 N–H and O–H groups in total. The van der Waals surface area contributed by atoms with Crippen LogP contribution in [0.15, 0.2) is 18.2 Å². The third-order valence-corrected chi connectivity index (χ3v) is 3.36. The molecule has 1 saturated heterocycles. The summed E-state index contributed by atoms with van der Waals surface area (Å²) in [4.78, 5) is 25.0. The SMILES string of the molecule is CN1CC(=O)N(CCOc2ccc(C=O)cc2Cl)C1O. The number of carbonyl (C=O) groups excluding carboxylic acids is 2. The molecule has 6 nitrogen and oxygen atoms in total. The number of ether oxygens (including phenoxy) is 1.